The van der Waals surface area contributed by atoms with Crippen LogP contribution in [0.25, 0.3) is 0 Å². The average Bonchev–Trinajstić information content (AvgIpc) is 2.94. The van der Waals surface area contributed by atoms with E-state index in [0.717, 1.165) is 11.1 Å². The van der Waals surface area contributed by atoms with Crippen LogP contribution >= 0.6 is 11.6 Å². The number of methoxy groups -OCH3 is 2. The van der Waals surface area contributed by atoms with Gasteiger partial charge in [-0.3, -0.25) is 9.59 Å². The molecule has 1 unspecified atom stereocenters. The topological polar surface area (TPSA) is 141 Å². The number of halogens is 1. The van der Waals surface area contributed by atoms with E-state index in [9.17, 15) is 14.4 Å². The van der Waals surface area contributed by atoms with Gasteiger partial charge in [-0.2, -0.15) is 0 Å². The molecule has 0 radical (unpaired) electrons. The molecule has 0 saturated heterocycles. The van der Waals surface area contributed by atoms with Gasteiger partial charge < -0.3 is 34.5 Å². The summed E-state index contributed by atoms with van der Waals surface area (Å²) in [5, 5.41) is 19.9. The molecule has 0 fully saturated rings. The molecule has 0 aliphatic rings. The third kappa shape index (κ3) is 7.15. The molecular weight excluding hydrogens is 518 g/mol. The maximum Gasteiger partial charge on any atom is 0.328 e. The lowest BCUT2D eigenvalue weighted by atomic mass is 10.1. The molecule has 1 amide bonds. The molecule has 3 aromatic rings. The highest BCUT2D eigenvalue weighted by Crippen LogP contribution is 2.39. The number of carboxylic acids is 1. The van der Waals surface area contributed by atoms with Crippen molar-refractivity contribution in [2.24, 2.45) is 0 Å². The zero-order chi connectivity index (χ0) is 27.7. The Bertz CT molecular complexity index is 1280. The molecule has 10 nitrogen and oxygen atoms in total. The molecule has 0 aromatic heterocycles. The van der Waals surface area contributed by atoms with Gasteiger partial charge in [0.1, 0.15) is 24.7 Å². The first-order valence-corrected chi connectivity index (χ1v) is 11.7. The molecular formula is C27H26ClNO9. The third-order valence-electron chi connectivity index (χ3n) is 5.39. The van der Waals surface area contributed by atoms with Crippen molar-refractivity contribution in [1.82, 2.24) is 5.32 Å². The number of carboxylic acid groups (broad SMARTS) is 1. The van der Waals surface area contributed by atoms with E-state index in [0.29, 0.717) is 11.5 Å². The van der Waals surface area contributed by atoms with Crippen LogP contribution in [0.5, 0.6) is 23.0 Å². The maximum atomic E-state index is 12.8. The van der Waals surface area contributed by atoms with E-state index in [-0.39, 0.29) is 35.3 Å². The fourth-order valence-corrected chi connectivity index (χ4v) is 3.55. The van der Waals surface area contributed by atoms with E-state index in [1.807, 2.05) is 17.4 Å². The summed E-state index contributed by atoms with van der Waals surface area (Å²) in [6.07, 6.45) is 0. The van der Waals surface area contributed by atoms with Gasteiger partial charge in [-0.15, -0.1) is 0 Å². The van der Waals surface area contributed by atoms with Gasteiger partial charge in [-0.1, -0.05) is 35.9 Å². The Balaban J connectivity index is 1.87. The molecule has 38 heavy (non-hydrogen) atoms. The highest BCUT2D eigenvalue weighted by molar-refractivity contribution is 6.47. The Hall–Kier alpha value is -4.28. The SMILES string of the molecule is COc1ccc(COc2ccc(C(=O)C(=O)NC(CO)C(=O)O)c(Cl)c2OCc2ccc(OC)cc2)cc1. The standard InChI is InChI=1S/C27H26ClNO9/c1-35-18-7-3-16(4-8-18)14-37-22-12-11-20(24(31)26(32)29-21(13-30)27(33)34)23(28)25(22)38-15-17-5-9-19(36-2)10-6-17/h3-12,21,30H,13-15H2,1-2H3,(H,29,32)(H,33,34). The van der Waals surface area contributed by atoms with Crippen molar-refractivity contribution in [2.45, 2.75) is 19.3 Å². The first kappa shape index (κ1) is 28.3. The van der Waals surface area contributed by atoms with Crippen LogP contribution in [0.2, 0.25) is 5.02 Å². The van der Waals surface area contributed by atoms with Crippen molar-refractivity contribution in [3.05, 3.63) is 82.4 Å². The number of aliphatic carboxylic acids is 1. The first-order chi connectivity index (χ1) is 18.3. The fraction of sp³-hybridized carbons (Fsp3) is 0.222. The lowest BCUT2D eigenvalue weighted by molar-refractivity contribution is -0.142. The van der Waals surface area contributed by atoms with Crippen molar-refractivity contribution in [1.29, 1.82) is 0 Å². The Morgan fingerprint density at radius 1 is 0.842 bits per heavy atom. The van der Waals surface area contributed by atoms with Crippen LogP contribution in [-0.2, 0) is 22.8 Å². The third-order valence-corrected chi connectivity index (χ3v) is 5.77. The van der Waals surface area contributed by atoms with Crippen LogP contribution in [0.15, 0.2) is 60.7 Å². The van der Waals surface area contributed by atoms with Gasteiger partial charge >= 0.3 is 5.97 Å². The summed E-state index contributed by atoms with van der Waals surface area (Å²) in [5.41, 5.74) is 1.36. The lowest BCUT2D eigenvalue weighted by Crippen LogP contribution is -2.46. The smallest absolute Gasteiger partial charge is 0.328 e. The van der Waals surface area contributed by atoms with E-state index in [4.69, 9.17) is 40.8 Å². The van der Waals surface area contributed by atoms with Gasteiger partial charge in [-0.25, -0.2) is 4.79 Å². The van der Waals surface area contributed by atoms with Gasteiger partial charge in [-0.05, 0) is 47.5 Å². The number of aliphatic hydroxyl groups is 1. The van der Waals surface area contributed by atoms with Crippen LogP contribution in [0.4, 0.5) is 0 Å². The zero-order valence-electron chi connectivity index (χ0n) is 20.6. The summed E-state index contributed by atoms with van der Waals surface area (Å²) >= 11 is 6.51. The predicted molar refractivity (Wildman–Crippen MR) is 137 cm³/mol. The molecule has 200 valence electrons. The Kier molecular flexibility index (Phi) is 9.92. The van der Waals surface area contributed by atoms with E-state index < -0.39 is 30.3 Å². The predicted octanol–water partition coefficient (Wildman–Crippen LogP) is 3.26. The normalized spacial score (nSPS) is 11.3. The minimum absolute atomic E-state index is 0.0200. The zero-order valence-corrected chi connectivity index (χ0v) is 21.4. The number of carbonyl (C=O) groups excluding carboxylic acids is 2. The molecule has 0 spiro atoms. The number of Topliss-reactive ketones (excluding diaryl/α,β-unsaturated/α-hetero) is 1. The molecule has 0 heterocycles. The van der Waals surface area contributed by atoms with E-state index in [1.54, 1.807) is 50.6 Å². The number of rotatable bonds is 13. The molecule has 3 aromatic carbocycles. The second-order valence-electron chi connectivity index (χ2n) is 7.90. The quantitative estimate of drug-likeness (QED) is 0.219. The second-order valence-corrected chi connectivity index (χ2v) is 8.28. The van der Waals surface area contributed by atoms with Crippen LogP contribution in [0.3, 0.4) is 0 Å². The molecule has 0 bridgehead atoms. The van der Waals surface area contributed by atoms with Gasteiger partial charge in [0, 0.05) is 0 Å². The summed E-state index contributed by atoms with van der Waals surface area (Å²) in [7, 11) is 3.12. The fourth-order valence-electron chi connectivity index (χ4n) is 3.25. The van der Waals surface area contributed by atoms with Crippen molar-refractivity contribution < 1.29 is 43.5 Å². The molecule has 11 heteroatoms. The van der Waals surface area contributed by atoms with E-state index in [1.165, 1.54) is 12.1 Å². The van der Waals surface area contributed by atoms with Gasteiger partial charge in [0.25, 0.3) is 11.7 Å². The largest absolute Gasteiger partial charge is 0.497 e. The average molecular weight is 544 g/mol. The number of hydrogen-bond acceptors (Lipinski definition) is 8. The maximum absolute atomic E-state index is 12.8. The number of amides is 1. The number of carbonyl (C=O) groups is 3. The second kappa shape index (κ2) is 13.3. The summed E-state index contributed by atoms with van der Waals surface area (Å²) in [6.45, 7) is -0.696. The highest BCUT2D eigenvalue weighted by Gasteiger charge is 2.27. The summed E-state index contributed by atoms with van der Waals surface area (Å²) < 4.78 is 22.2. The van der Waals surface area contributed by atoms with Crippen molar-refractivity contribution >= 4 is 29.3 Å². The summed E-state index contributed by atoms with van der Waals surface area (Å²) in [4.78, 5) is 36.3. The number of ketones is 1. The van der Waals surface area contributed by atoms with Crippen LogP contribution in [0.1, 0.15) is 21.5 Å². The van der Waals surface area contributed by atoms with Gasteiger partial charge in [0.05, 0.1) is 31.4 Å². The molecule has 3 rings (SSSR count). The minimum Gasteiger partial charge on any atom is -0.497 e. The molecule has 0 aliphatic carbocycles. The number of nitrogens with one attached hydrogen (secondary N) is 1. The molecule has 1 atom stereocenters. The summed E-state index contributed by atoms with van der Waals surface area (Å²) in [6, 6.07) is 15.3. The Labute approximate surface area is 223 Å². The molecule has 3 N–H and O–H groups in total. The highest BCUT2D eigenvalue weighted by atomic mass is 35.5. The van der Waals surface area contributed by atoms with Crippen molar-refractivity contribution in [3.63, 3.8) is 0 Å². The van der Waals surface area contributed by atoms with Crippen LogP contribution in [-0.4, -0.2) is 54.7 Å². The lowest BCUT2D eigenvalue weighted by Gasteiger charge is -2.17. The molecule has 0 aliphatic heterocycles. The Morgan fingerprint density at radius 3 is 1.84 bits per heavy atom. The van der Waals surface area contributed by atoms with Crippen LogP contribution in [0, 0.1) is 0 Å². The van der Waals surface area contributed by atoms with Crippen LogP contribution < -0.4 is 24.3 Å². The number of hydrogen-bond donors (Lipinski definition) is 3. The number of aliphatic hydroxyl groups excluding tert-OH is 1. The van der Waals surface area contributed by atoms with Gasteiger partial charge in [0.2, 0.25) is 0 Å². The molecule has 0 saturated carbocycles. The number of ether oxygens (including phenoxy) is 4. The first-order valence-electron chi connectivity index (χ1n) is 11.3. The van der Waals surface area contributed by atoms with Crippen molar-refractivity contribution in [3.8, 4) is 23.0 Å². The Morgan fingerprint density at radius 2 is 1.37 bits per heavy atom. The number of benzene rings is 3. The van der Waals surface area contributed by atoms with E-state index in [2.05, 4.69) is 0 Å². The minimum atomic E-state index is -1.65. The van der Waals surface area contributed by atoms with Gasteiger partial charge in [0.15, 0.2) is 17.5 Å². The summed E-state index contributed by atoms with van der Waals surface area (Å²) in [5.74, 6) is -2.26. The van der Waals surface area contributed by atoms with E-state index >= 15 is 0 Å². The van der Waals surface area contributed by atoms with Crippen molar-refractivity contribution in [2.75, 3.05) is 20.8 Å². The monoisotopic (exact) mass is 543 g/mol.